The molecule has 0 spiro atoms. The third-order valence-corrected chi connectivity index (χ3v) is 4.43. The van der Waals surface area contributed by atoms with E-state index in [1.165, 1.54) is 18.6 Å². The molecule has 1 aliphatic heterocycles. The molecule has 1 aromatic rings. The van der Waals surface area contributed by atoms with Gasteiger partial charge < -0.3 is 20.5 Å². The van der Waals surface area contributed by atoms with E-state index >= 15 is 0 Å². The van der Waals surface area contributed by atoms with Crippen LogP contribution >= 0.6 is 0 Å². The average Bonchev–Trinajstić information content (AvgIpc) is 2.58. The van der Waals surface area contributed by atoms with Gasteiger partial charge in [0.05, 0.1) is 0 Å². The average molecular weight is 373 g/mol. The molecule has 0 bridgehead atoms. The molecule has 8 heteroatoms. The molecule has 1 saturated heterocycles. The SMILES string of the molecule is CC1CCCN(C(N)=NCC(CO)Cc2ccc(OC(F)(F)F)cc2)C1. The molecule has 2 rings (SSSR count). The number of rotatable bonds is 6. The molecule has 0 amide bonds. The Balaban J connectivity index is 1.89. The highest BCUT2D eigenvalue weighted by atomic mass is 19.4. The van der Waals surface area contributed by atoms with Gasteiger partial charge in [-0.1, -0.05) is 19.1 Å². The van der Waals surface area contributed by atoms with Crippen molar-refractivity contribution in [1.29, 1.82) is 0 Å². The highest BCUT2D eigenvalue weighted by Crippen LogP contribution is 2.23. The molecule has 0 radical (unpaired) electrons. The number of aliphatic hydroxyl groups is 1. The zero-order chi connectivity index (χ0) is 19.2. The van der Waals surface area contributed by atoms with Gasteiger partial charge in [0.1, 0.15) is 5.75 Å². The summed E-state index contributed by atoms with van der Waals surface area (Å²) in [5, 5.41) is 9.56. The largest absolute Gasteiger partial charge is 0.573 e. The lowest BCUT2D eigenvalue weighted by Crippen LogP contribution is -2.43. The number of guanidine groups is 1. The van der Waals surface area contributed by atoms with Gasteiger partial charge in [0.25, 0.3) is 0 Å². The Hall–Kier alpha value is -1.96. The number of aliphatic hydroxyl groups excluding tert-OH is 1. The molecule has 146 valence electrons. The van der Waals surface area contributed by atoms with Crippen LogP contribution in [0.5, 0.6) is 5.75 Å². The van der Waals surface area contributed by atoms with Gasteiger partial charge in [-0.05, 0) is 42.9 Å². The van der Waals surface area contributed by atoms with E-state index in [2.05, 4.69) is 21.6 Å². The summed E-state index contributed by atoms with van der Waals surface area (Å²) in [5.41, 5.74) is 6.86. The number of piperidine rings is 1. The van der Waals surface area contributed by atoms with Crippen LogP contribution in [0.2, 0.25) is 0 Å². The van der Waals surface area contributed by atoms with Crippen LogP contribution in [0.15, 0.2) is 29.3 Å². The summed E-state index contributed by atoms with van der Waals surface area (Å²) in [6.07, 6.45) is -1.92. The first-order chi connectivity index (χ1) is 12.3. The number of hydrogen-bond donors (Lipinski definition) is 2. The van der Waals surface area contributed by atoms with Crippen LogP contribution in [0.4, 0.5) is 13.2 Å². The molecule has 1 aromatic carbocycles. The smallest absolute Gasteiger partial charge is 0.406 e. The topological polar surface area (TPSA) is 71.1 Å². The van der Waals surface area contributed by atoms with E-state index in [1.807, 2.05) is 0 Å². The lowest BCUT2D eigenvalue weighted by Gasteiger charge is -2.31. The second-order valence-corrected chi connectivity index (χ2v) is 6.84. The Morgan fingerprint density at radius 2 is 2.08 bits per heavy atom. The van der Waals surface area contributed by atoms with Crippen LogP contribution in [-0.4, -0.2) is 48.6 Å². The monoisotopic (exact) mass is 373 g/mol. The molecule has 3 N–H and O–H groups in total. The minimum absolute atomic E-state index is 0.0754. The van der Waals surface area contributed by atoms with Crippen LogP contribution in [0.1, 0.15) is 25.3 Å². The van der Waals surface area contributed by atoms with Crippen LogP contribution in [0.3, 0.4) is 0 Å². The zero-order valence-corrected chi connectivity index (χ0v) is 14.9. The summed E-state index contributed by atoms with van der Waals surface area (Å²) < 4.78 is 40.4. The number of likely N-dealkylation sites (tertiary alicyclic amines) is 1. The van der Waals surface area contributed by atoms with Gasteiger partial charge in [-0.15, -0.1) is 13.2 Å². The van der Waals surface area contributed by atoms with Gasteiger partial charge in [-0.2, -0.15) is 0 Å². The first kappa shape index (κ1) is 20.4. The molecule has 1 fully saturated rings. The van der Waals surface area contributed by atoms with E-state index in [0.717, 1.165) is 25.1 Å². The van der Waals surface area contributed by atoms with Crippen molar-refractivity contribution in [2.45, 2.75) is 32.5 Å². The van der Waals surface area contributed by atoms with Crippen LogP contribution < -0.4 is 10.5 Å². The number of hydrogen-bond acceptors (Lipinski definition) is 3. The highest BCUT2D eigenvalue weighted by molar-refractivity contribution is 5.78. The summed E-state index contributed by atoms with van der Waals surface area (Å²) in [7, 11) is 0. The second kappa shape index (κ2) is 9.12. The molecule has 1 aliphatic rings. The number of halogens is 3. The van der Waals surface area contributed by atoms with Crippen molar-refractivity contribution < 1.29 is 23.0 Å². The maximum Gasteiger partial charge on any atom is 0.573 e. The first-order valence-electron chi connectivity index (χ1n) is 8.77. The van der Waals surface area contributed by atoms with Gasteiger partial charge in [-0.3, -0.25) is 4.99 Å². The number of ether oxygens (including phenoxy) is 1. The number of aliphatic imine (C=N–C) groups is 1. The van der Waals surface area contributed by atoms with Crippen LogP contribution in [0.25, 0.3) is 0 Å². The Labute approximate surface area is 151 Å². The minimum Gasteiger partial charge on any atom is -0.406 e. The first-order valence-corrected chi connectivity index (χ1v) is 8.77. The van der Waals surface area contributed by atoms with Gasteiger partial charge >= 0.3 is 6.36 Å². The summed E-state index contributed by atoms with van der Waals surface area (Å²) in [6.45, 7) is 4.26. The standard InChI is InChI=1S/C18H26F3N3O2/c1-13-3-2-8-24(11-13)17(22)23-10-15(12-25)9-14-4-6-16(7-5-14)26-18(19,20)21/h4-7,13,15,25H,2-3,8-12H2,1H3,(H2,22,23). The maximum atomic E-state index is 12.2. The van der Waals surface area contributed by atoms with Crippen molar-refractivity contribution in [3.8, 4) is 5.75 Å². The number of benzene rings is 1. The molecule has 0 saturated carbocycles. The molecule has 2 atom stereocenters. The van der Waals surface area contributed by atoms with Crippen molar-refractivity contribution in [3.05, 3.63) is 29.8 Å². The zero-order valence-electron chi connectivity index (χ0n) is 14.9. The molecule has 26 heavy (non-hydrogen) atoms. The Morgan fingerprint density at radius 1 is 1.38 bits per heavy atom. The predicted molar refractivity (Wildman–Crippen MR) is 93.9 cm³/mol. The predicted octanol–water partition coefficient (Wildman–Crippen LogP) is 2.78. The van der Waals surface area contributed by atoms with E-state index < -0.39 is 6.36 Å². The third-order valence-electron chi connectivity index (χ3n) is 4.43. The second-order valence-electron chi connectivity index (χ2n) is 6.84. The third kappa shape index (κ3) is 6.74. The molecule has 5 nitrogen and oxygen atoms in total. The summed E-state index contributed by atoms with van der Waals surface area (Å²) >= 11 is 0. The summed E-state index contributed by atoms with van der Waals surface area (Å²) in [5.74, 6) is 0.668. The van der Waals surface area contributed by atoms with Crippen molar-refractivity contribution >= 4 is 5.96 Å². The van der Waals surface area contributed by atoms with Crippen molar-refractivity contribution in [2.24, 2.45) is 22.6 Å². The van der Waals surface area contributed by atoms with Crippen LogP contribution in [-0.2, 0) is 6.42 Å². The fourth-order valence-electron chi connectivity index (χ4n) is 3.07. The van der Waals surface area contributed by atoms with E-state index in [1.54, 1.807) is 12.1 Å². The van der Waals surface area contributed by atoms with Crippen LogP contribution in [0, 0.1) is 11.8 Å². The maximum absolute atomic E-state index is 12.2. The Morgan fingerprint density at radius 3 is 2.65 bits per heavy atom. The van der Waals surface area contributed by atoms with Crippen molar-refractivity contribution in [2.75, 3.05) is 26.2 Å². The quantitative estimate of drug-likeness (QED) is 0.594. The highest BCUT2D eigenvalue weighted by Gasteiger charge is 2.31. The molecular formula is C18H26F3N3O2. The molecular weight excluding hydrogens is 347 g/mol. The lowest BCUT2D eigenvalue weighted by atomic mass is 10.00. The number of alkyl halides is 3. The van der Waals surface area contributed by atoms with E-state index in [-0.39, 0.29) is 18.3 Å². The minimum atomic E-state index is -4.70. The lowest BCUT2D eigenvalue weighted by molar-refractivity contribution is -0.274. The van der Waals surface area contributed by atoms with Gasteiger partial charge in [0.2, 0.25) is 0 Å². The number of nitrogens with zero attached hydrogens (tertiary/aromatic N) is 2. The molecule has 2 unspecified atom stereocenters. The van der Waals surface area contributed by atoms with E-state index in [4.69, 9.17) is 5.73 Å². The molecule has 0 aliphatic carbocycles. The van der Waals surface area contributed by atoms with E-state index in [0.29, 0.717) is 24.8 Å². The fraction of sp³-hybridized carbons (Fsp3) is 0.611. The van der Waals surface area contributed by atoms with Crippen molar-refractivity contribution in [1.82, 2.24) is 4.90 Å². The molecule has 0 aromatic heterocycles. The normalized spacial score (nSPS) is 20.1. The van der Waals surface area contributed by atoms with Gasteiger partial charge in [-0.25, -0.2) is 0 Å². The Kier molecular flexibility index (Phi) is 7.14. The van der Waals surface area contributed by atoms with Crippen molar-refractivity contribution in [3.63, 3.8) is 0 Å². The fourth-order valence-corrected chi connectivity index (χ4v) is 3.07. The Bertz CT molecular complexity index is 590. The van der Waals surface area contributed by atoms with E-state index in [9.17, 15) is 18.3 Å². The molecule has 1 heterocycles. The summed E-state index contributed by atoms with van der Waals surface area (Å²) in [4.78, 5) is 6.46. The summed E-state index contributed by atoms with van der Waals surface area (Å²) in [6, 6.07) is 5.65. The van der Waals surface area contributed by atoms with Gasteiger partial charge in [0.15, 0.2) is 5.96 Å². The van der Waals surface area contributed by atoms with Gasteiger partial charge in [0, 0.05) is 32.2 Å². The number of nitrogens with two attached hydrogens (primary N) is 1.